The van der Waals surface area contributed by atoms with Crippen molar-refractivity contribution in [2.24, 2.45) is 5.92 Å². The van der Waals surface area contributed by atoms with Gasteiger partial charge in [0.1, 0.15) is 0 Å². The molecule has 0 aromatic heterocycles. The Hall–Kier alpha value is -1.55. The van der Waals surface area contributed by atoms with Crippen LogP contribution in [0.2, 0.25) is 0 Å². The van der Waals surface area contributed by atoms with E-state index in [4.69, 9.17) is 4.74 Å². The Balaban J connectivity index is 1.56. The van der Waals surface area contributed by atoms with Crippen LogP contribution in [0.3, 0.4) is 0 Å². The lowest BCUT2D eigenvalue weighted by atomic mass is 10.0. The van der Waals surface area contributed by atoms with E-state index < -0.39 is 0 Å². The van der Waals surface area contributed by atoms with Crippen LogP contribution in [-0.2, 0) is 4.74 Å². The molecule has 2 amide bonds. The maximum absolute atomic E-state index is 12.6. The SMILES string of the molecule is O=C1N[C@H](c2ccccc2)OC[C@H]2C[C@H]3CCC[C@H]3N12. The van der Waals surface area contributed by atoms with Crippen molar-refractivity contribution in [2.75, 3.05) is 6.61 Å². The van der Waals surface area contributed by atoms with Crippen LogP contribution in [0.4, 0.5) is 4.79 Å². The number of carbonyl (C=O) groups excluding carboxylic acids is 1. The van der Waals surface area contributed by atoms with E-state index in [1.165, 1.54) is 12.8 Å². The summed E-state index contributed by atoms with van der Waals surface area (Å²) in [4.78, 5) is 14.6. The molecule has 2 heterocycles. The third-order valence-electron chi connectivity index (χ3n) is 4.99. The molecule has 3 aliphatic rings. The van der Waals surface area contributed by atoms with Crippen molar-refractivity contribution < 1.29 is 9.53 Å². The highest BCUT2D eigenvalue weighted by molar-refractivity contribution is 5.76. The topological polar surface area (TPSA) is 41.6 Å². The minimum absolute atomic E-state index is 0.0516. The summed E-state index contributed by atoms with van der Waals surface area (Å²) in [6, 6.07) is 10.7. The fourth-order valence-corrected chi connectivity index (χ4v) is 4.10. The Morgan fingerprint density at radius 2 is 2.05 bits per heavy atom. The Bertz CT molecular complexity index is 504. The maximum atomic E-state index is 12.6. The van der Waals surface area contributed by atoms with E-state index in [0.29, 0.717) is 18.6 Å². The summed E-state index contributed by atoms with van der Waals surface area (Å²) in [5.74, 6) is 0.697. The quantitative estimate of drug-likeness (QED) is 0.854. The molecule has 0 spiro atoms. The molecule has 2 saturated heterocycles. The predicted molar refractivity (Wildman–Crippen MR) is 75.0 cm³/mol. The van der Waals surface area contributed by atoms with Gasteiger partial charge in [-0.2, -0.15) is 0 Å². The van der Waals surface area contributed by atoms with Crippen molar-refractivity contribution in [1.82, 2.24) is 10.2 Å². The van der Waals surface area contributed by atoms with Crippen LogP contribution < -0.4 is 5.32 Å². The smallest absolute Gasteiger partial charge is 0.320 e. The number of hydrogen-bond acceptors (Lipinski definition) is 2. The molecular formula is C16H20N2O2. The van der Waals surface area contributed by atoms with E-state index in [-0.39, 0.29) is 18.3 Å². The lowest BCUT2D eigenvalue weighted by molar-refractivity contribution is 0.0326. The maximum Gasteiger partial charge on any atom is 0.320 e. The predicted octanol–water partition coefficient (Wildman–Crippen LogP) is 2.67. The Morgan fingerprint density at radius 3 is 2.90 bits per heavy atom. The number of rotatable bonds is 1. The van der Waals surface area contributed by atoms with Crippen LogP contribution in [0.25, 0.3) is 0 Å². The number of nitrogens with zero attached hydrogens (tertiary/aromatic N) is 1. The fraction of sp³-hybridized carbons (Fsp3) is 0.562. The average Bonchev–Trinajstić information content (AvgIpc) is 3.00. The molecule has 1 saturated carbocycles. The average molecular weight is 272 g/mol. The van der Waals surface area contributed by atoms with Crippen molar-refractivity contribution in [2.45, 2.75) is 44.0 Å². The molecular weight excluding hydrogens is 252 g/mol. The zero-order valence-electron chi connectivity index (χ0n) is 11.5. The third kappa shape index (κ3) is 1.90. The summed E-state index contributed by atoms with van der Waals surface area (Å²) < 4.78 is 5.96. The molecule has 1 aliphatic carbocycles. The van der Waals surface area contributed by atoms with Crippen LogP contribution in [0.5, 0.6) is 0 Å². The van der Waals surface area contributed by atoms with Crippen LogP contribution >= 0.6 is 0 Å². The zero-order valence-corrected chi connectivity index (χ0v) is 11.5. The first-order chi connectivity index (χ1) is 9.83. The lowest BCUT2D eigenvalue weighted by Gasteiger charge is -2.27. The molecule has 4 rings (SSSR count). The molecule has 20 heavy (non-hydrogen) atoms. The molecule has 106 valence electrons. The van der Waals surface area contributed by atoms with Crippen molar-refractivity contribution >= 4 is 6.03 Å². The third-order valence-corrected chi connectivity index (χ3v) is 4.99. The van der Waals surface area contributed by atoms with Crippen LogP contribution in [0, 0.1) is 5.92 Å². The molecule has 1 aromatic rings. The van der Waals surface area contributed by atoms with E-state index in [0.717, 1.165) is 18.4 Å². The summed E-state index contributed by atoms with van der Waals surface area (Å²) in [7, 11) is 0. The highest BCUT2D eigenvalue weighted by Gasteiger charge is 2.47. The molecule has 0 bridgehead atoms. The number of ether oxygens (including phenoxy) is 1. The van der Waals surface area contributed by atoms with E-state index in [2.05, 4.69) is 10.2 Å². The number of amides is 2. The van der Waals surface area contributed by atoms with Gasteiger partial charge in [0.15, 0.2) is 6.23 Å². The second kappa shape index (κ2) is 4.77. The molecule has 4 heteroatoms. The first kappa shape index (κ1) is 12.2. The summed E-state index contributed by atoms with van der Waals surface area (Å²) in [5, 5.41) is 3.04. The molecule has 1 N–H and O–H groups in total. The van der Waals surface area contributed by atoms with Gasteiger partial charge in [0, 0.05) is 11.6 Å². The largest absolute Gasteiger partial charge is 0.352 e. The lowest BCUT2D eigenvalue weighted by Crippen LogP contribution is -2.46. The van der Waals surface area contributed by atoms with E-state index in [1.807, 2.05) is 30.3 Å². The summed E-state index contributed by atoms with van der Waals surface area (Å²) >= 11 is 0. The molecule has 3 fully saturated rings. The van der Waals surface area contributed by atoms with Gasteiger partial charge in [0.2, 0.25) is 0 Å². The molecule has 4 atom stereocenters. The minimum atomic E-state index is -0.311. The van der Waals surface area contributed by atoms with Gasteiger partial charge in [-0.15, -0.1) is 0 Å². The van der Waals surface area contributed by atoms with Gasteiger partial charge in [-0.25, -0.2) is 4.79 Å². The second-order valence-electron chi connectivity index (χ2n) is 6.13. The van der Waals surface area contributed by atoms with Gasteiger partial charge in [-0.05, 0) is 25.2 Å². The normalized spacial score (nSPS) is 36.2. The Morgan fingerprint density at radius 1 is 1.20 bits per heavy atom. The Labute approximate surface area is 119 Å². The first-order valence-corrected chi connectivity index (χ1v) is 7.58. The first-order valence-electron chi connectivity index (χ1n) is 7.58. The van der Waals surface area contributed by atoms with Gasteiger partial charge in [0.25, 0.3) is 0 Å². The molecule has 4 nitrogen and oxygen atoms in total. The molecule has 0 radical (unpaired) electrons. The van der Waals surface area contributed by atoms with Gasteiger partial charge < -0.3 is 15.0 Å². The number of hydrogen-bond donors (Lipinski definition) is 1. The molecule has 1 aromatic carbocycles. The second-order valence-corrected chi connectivity index (χ2v) is 6.13. The summed E-state index contributed by atoms with van der Waals surface area (Å²) in [5.41, 5.74) is 1.02. The fourth-order valence-electron chi connectivity index (χ4n) is 4.10. The van der Waals surface area contributed by atoms with Gasteiger partial charge in [-0.1, -0.05) is 36.8 Å². The van der Waals surface area contributed by atoms with Crippen molar-refractivity contribution in [1.29, 1.82) is 0 Å². The van der Waals surface area contributed by atoms with Crippen LogP contribution in [-0.4, -0.2) is 29.6 Å². The zero-order chi connectivity index (χ0) is 13.5. The number of benzene rings is 1. The molecule has 0 unspecified atom stereocenters. The van der Waals surface area contributed by atoms with Crippen molar-refractivity contribution in [3.8, 4) is 0 Å². The monoisotopic (exact) mass is 272 g/mol. The number of nitrogens with one attached hydrogen (secondary N) is 1. The number of carbonyl (C=O) groups is 1. The van der Waals surface area contributed by atoms with E-state index in [1.54, 1.807) is 0 Å². The van der Waals surface area contributed by atoms with Gasteiger partial charge in [0.05, 0.1) is 12.6 Å². The van der Waals surface area contributed by atoms with E-state index >= 15 is 0 Å². The summed E-state index contributed by atoms with van der Waals surface area (Å²) in [6.45, 7) is 0.644. The summed E-state index contributed by atoms with van der Waals surface area (Å²) in [6.07, 6.45) is 4.49. The Kier molecular flexibility index (Phi) is 2.91. The van der Waals surface area contributed by atoms with Crippen LogP contribution in [0.1, 0.15) is 37.5 Å². The standard InChI is InChI=1S/C16H20N2O2/c19-16-17-15(11-5-2-1-3-6-11)20-10-13-9-12-7-4-8-14(12)18(13)16/h1-3,5-6,12-15H,4,7-10H2,(H,17,19)/t12-,13-,14-,15+/m1/s1. The number of urea groups is 1. The molecule has 2 aliphatic heterocycles. The van der Waals surface area contributed by atoms with Crippen molar-refractivity contribution in [3.63, 3.8) is 0 Å². The number of fused-ring (bicyclic) bond motifs is 3. The highest BCUT2D eigenvalue weighted by atomic mass is 16.5. The van der Waals surface area contributed by atoms with Crippen molar-refractivity contribution in [3.05, 3.63) is 35.9 Å². The van der Waals surface area contributed by atoms with Gasteiger partial charge in [-0.3, -0.25) is 0 Å². The highest BCUT2D eigenvalue weighted by Crippen LogP contribution is 2.42. The van der Waals surface area contributed by atoms with E-state index in [9.17, 15) is 4.79 Å². The van der Waals surface area contributed by atoms with Gasteiger partial charge >= 0.3 is 6.03 Å². The minimum Gasteiger partial charge on any atom is -0.352 e. The van der Waals surface area contributed by atoms with Crippen LogP contribution in [0.15, 0.2) is 30.3 Å².